The Morgan fingerprint density at radius 3 is 2.60 bits per heavy atom. The number of aryl methyl sites for hydroxylation is 1. The van der Waals surface area contributed by atoms with Crippen molar-refractivity contribution in [1.29, 1.82) is 0 Å². The summed E-state index contributed by atoms with van der Waals surface area (Å²) in [7, 11) is 3.40. The normalized spacial score (nSPS) is 10.3. The van der Waals surface area contributed by atoms with E-state index in [-0.39, 0.29) is 0 Å². The number of nitrogens with zero attached hydrogens (tertiary/aromatic N) is 3. The third kappa shape index (κ3) is 1.76. The van der Waals surface area contributed by atoms with E-state index < -0.39 is 0 Å². The van der Waals surface area contributed by atoms with Gasteiger partial charge in [-0.3, -0.25) is 9.67 Å². The number of pyridine rings is 1. The average Bonchev–Trinajstić information content (AvgIpc) is 2.59. The first-order valence-corrected chi connectivity index (χ1v) is 4.50. The molecular formula is C10H12N4O. The maximum atomic E-state index is 5.68. The number of nitrogens with two attached hydrogens (primary N) is 1. The van der Waals surface area contributed by atoms with Gasteiger partial charge < -0.3 is 10.5 Å². The first kappa shape index (κ1) is 9.51. The number of nitrogen functional groups attached to an aromatic ring is 1. The summed E-state index contributed by atoms with van der Waals surface area (Å²) >= 11 is 0. The van der Waals surface area contributed by atoms with Crippen LogP contribution >= 0.6 is 0 Å². The Balaban J connectivity index is 2.37. The molecule has 2 heterocycles. The first-order chi connectivity index (χ1) is 7.20. The second kappa shape index (κ2) is 3.61. The van der Waals surface area contributed by atoms with Crippen molar-refractivity contribution in [3.63, 3.8) is 0 Å². The molecule has 2 rings (SSSR count). The van der Waals surface area contributed by atoms with Gasteiger partial charge in [-0.05, 0) is 12.1 Å². The largest absolute Gasteiger partial charge is 0.495 e. The molecular weight excluding hydrogens is 192 g/mol. The van der Waals surface area contributed by atoms with E-state index in [1.54, 1.807) is 31.1 Å². The number of aromatic nitrogens is 3. The minimum absolute atomic E-state index is 0.614. The minimum atomic E-state index is 0.614. The summed E-state index contributed by atoms with van der Waals surface area (Å²) in [5, 5.41) is 4.22. The van der Waals surface area contributed by atoms with E-state index in [4.69, 9.17) is 10.5 Å². The summed E-state index contributed by atoms with van der Waals surface area (Å²) in [4.78, 5) is 4.22. The van der Waals surface area contributed by atoms with Crippen molar-refractivity contribution in [3.05, 3.63) is 24.4 Å². The SMILES string of the molecule is COc1ccc(-c2cc(N)n(C)n2)nc1. The second-order valence-corrected chi connectivity index (χ2v) is 3.16. The van der Waals surface area contributed by atoms with Gasteiger partial charge in [0.25, 0.3) is 0 Å². The lowest BCUT2D eigenvalue weighted by Crippen LogP contribution is -1.96. The quantitative estimate of drug-likeness (QED) is 0.794. The van der Waals surface area contributed by atoms with Gasteiger partial charge in [0.15, 0.2) is 0 Å². The second-order valence-electron chi connectivity index (χ2n) is 3.16. The molecule has 0 fully saturated rings. The van der Waals surface area contributed by atoms with Gasteiger partial charge in [-0.25, -0.2) is 0 Å². The van der Waals surface area contributed by atoms with Gasteiger partial charge in [0, 0.05) is 13.1 Å². The van der Waals surface area contributed by atoms with Crippen LogP contribution in [0.3, 0.4) is 0 Å². The summed E-state index contributed by atoms with van der Waals surface area (Å²) in [6.45, 7) is 0. The average molecular weight is 204 g/mol. The van der Waals surface area contributed by atoms with E-state index in [1.807, 2.05) is 12.1 Å². The predicted octanol–water partition coefficient (Wildman–Crippen LogP) is 1.07. The molecule has 0 radical (unpaired) electrons. The molecule has 0 aliphatic carbocycles. The zero-order valence-corrected chi connectivity index (χ0v) is 8.64. The van der Waals surface area contributed by atoms with Crippen LogP contribution in [0, 0.1) is 0 Å². The molecule has 2 N–H and O–H groups in total. The third-order valence-corrected chi connectivity index (χ3v) is 2.15. The summed E-state index contributed by atoms with van der Waals surface area (Å²) < 4.78 is 6.63. The van der Waals surface area contributed by atoms with Gasteiger partial charge in [0.2, 0.25) is 0 Å². The zero-order chi connectivity index (χ0) is 10.8. The monoisotopic (exact) mass is 204 g/mol. The summed E-state index contributed by atoms with van der Waals surface area (Å²) in [5.74, 6) is 1.34. The van der Waals surface area contributed by atoms with E-state index in [0.717, 1.165) is 17.1 Å². The van der Waals surface area contributed by atoms with Crippen LogP contribution in [0.1, 0.15) is 0 Å². The Morgan fingerprint density at radius 2 is 2.13 bits per heavy atom. The van der Waals surface area contributed by atoms with Crippen LogP contribution in [0.4, 0.5) is 5.82 Å². The maximum absolute atomic E-state index is 5.68. The van der Waals surface area contributed by atoms with Crippen molar-refractivity contribution >= 4 is 5.82 Å². The highest BCUT2D eigenvalue weighted by Gasteiger charge is 2.05. The summed E-state index contributed by atoms with van der Waals surface area (Å²) in [6, 6.07) is 5.47. The minimum Gasteiger partial charge on any atom is -0.495 e. The molecule has 5 heteroatoms. The van der Waals surface area contributed by atoms with Crippen LogP contribution in [0.5, 0.6) is 5.75 Å². The number of ether oxygens (including phenoxy) is 1. The van der Waals surface area contributed by atoms with Crippen LogP contribution < -0.4 is 10.5 Å². The fourth-order valence-electron chi connectivity index (χ4n) is 1.26. The van der Waals surface area contributed by atoms with E-state index in [0.29, 0.717) is 5.82 Å². The van der Waals surface area contributed by atoms with Crippen LogP contribution in [0.15, 0.2) is 24.4 Å². The lowest BCUT2D eigenvalue weighted by Gasteiger charge is -1.99. The van der Waals surface area contributed by atoms with Crippen LogP contribution in [-0.2, 0) is 7.05 Å². The van der Waals surface area contributed by atoms with E-state index in [1.165, 1.54) is 0 Å². The molecule has 2 aromatic rings. The van der Waals surface area contributed by atoms with Gasteiger partial charge in [0.05, 0.1) is 19.0 Å². The summed E-state index contributed by atoms with van der Waals surface area (Å²) in [5.41, 5.74) is 7.22. The third-order valence-electron chi connectivity index (χ3n) is 2.15. The number of hydrogen-bond donors (Lipinski definition) is 1. The Hall–Kier alpha value is -2.04. The van der Waals surface area contributed by atoms with Gasteiger partial charge in [-0.1, -0.05) is 0 Å². The highest BCUT2D eigenvalue weighted by Crippen LogP contribution is 2.19. The number of anilines is 1. The van der Waals surface area contributed by atoms with Crippen molar-refractivity contribution in [2.75, 3.05) is 12.8 Å². The van der Waals surface area contributed by atoms with E-state index >= 15 is 0 Å². The van der Waals surface area contributed by atoms with Gasteiger partial charge in [-0.2, -0.15) is 5.10 Å². The smallest absolute Gasteiger partial charge is 0.137 e. The summed E-state index contributed by atoms with van der Waals surface area (Å²) in [6.07, 6.45) is 1.65. The maximum Gasteiger partial charge on any atom is 0.137 e. The molecule has 0 saturated heterocycles. The van der Waals surface area contributed by atoms with Crippen molar-refractivity contribution in [1.82, 2.24) is 14.8 Å². The molecule has 0 spiro atoms. The van der Waals surface area contributed by atoms with Crippen LogP contribution in [0.25, 0.3) is 11.4 Å². The first-order valence-electron chi connectivity index (χ1n) is 4.50. The Bertz CT molecular complexity index is 441. The molecule has 5 nitrogen and oxygen atoms in total. The van der Waals surface area contributed by atoms with Gasteiger partial charge in [-0.15, -0.1) is 0 Å². The molecule has 0 unspecified atom stereocenters. The lowest BCUT2D eigenvalue weighted by atomic mass is 10.3. The number of rotatable bonds is 2. The van der Waals surface area contributed by atoms with Crippen molar-refractivity contribution in [2.24, 2.45) is 7.05 Å². The Kier molecular flexibility index (Phi) is 2.29. The van der Waals surface area contributed by atoms with Crippen LogP contribution in [0.2, 0.25) is 0 Å². The Morgan fingerprint density at radius 1 is 1.33 bits per heavy atom. The van der Waals surface area contributed by atoms with Gasteiger partial charge in [0.1, 0.15) is 17.3 Å². The standard InChI is InChI=1S/C10H12N4O/c1-14-10(11)5-9(13-14)8-4-3-7(15-2)6-12-8/h3-6H,11H2,1-2H3. The molecule has 2 aromatic heterocycles. The fraction of sp³-hybridized carbons (Fsp3) is 0.200. The van der Waals surface area contributed by atoms with E-state index in [9.17, 15) is 0 Å². The van der Waals surface area contributed by atoms with Crippen molar-refractivity contribution < 1.29 is 4.74 Å². The molecule has 0 bridgehead atoms. The van der Waals surface area contributed by atoms with Gasteiger partial charge >= 0.3 is 0 Å². The highest BCUT2D eigenvalue weighted by atomic mass is 16.5. The van der Waals surface area contributed by atoms with Crippen LogP contribution in [-0.4, -0.2) is 21.9 Å². The zero-order valence-electron chi connectivity index (χ0n) is 8.64. The molecule has 78 valence electrons. The molecule has 0 saturated carbocycles. The van der Waals surface area contributed by atoms with Crippen molar-refractivity contribution in [2.45, 2.75) is 0 Å². The fourth-order valence-corrected chi connectivity index (χ4v) is 1.26. The number of methoxy groups -OCH3 is 1. The molecule has 0 aromatic carbocycles. The molecule has 0 aliphatic heterocycles. The molecule has 0 atom stereocenters. The topological polar surface area (TPSA) is 66.0 Å². The molecule has 15 heavy (non-hydrogen) atoms. The van der Waals surface area contributed by atoms with E-state index in [2.05, 4.69) is 10.1 Å². The predicted molar refractivity (Wildman–Crippen MR) is 57.4 cm³/mol. The molecule has 0 aliphatic rings. The lowest BCUT2D eigenvalue weighted by molar-refractivity contribution is 0.413. The van der Waals surface area contributed by atoms with Crippen molar-refractivity contribution in [3.8, 4) is 17.1 Å². The Labute approximate surface area is 87.5 Å². The number of hydrogen-bond acceptors (Lipinski definition) is 4. The highest BCUT2D eigenvalue weighted by molar-refractivity contribution is 5.58. The molecule has 0 amide bonds.